The lowest BCUT2D eigenvalue weighted by Crippen LogP contribution is -2.23. The van der Waals surface area contributed by atoms with Gasteiger partial charge in [0.2, 0.25) is 0 Å². The number of halogens is 4. The zero-order valence-electron chi connectivity index (χ0n) is 15.6. The minimum atomic E-state index is -4.74. The summed E-state index contributed by atoms with van der Waals surface area (Å²) in [6.45, 7) is 0. The Morgan fingerprint density at radius 1 is 1.14 bits per heavy atom. The average molecular weight is 406 g/mol. The van der Waals surface area contributed by atoms with E-state index in [1.54, 1.807) is 11.7 Å². The maximum Gasteiger partial charge on any atom is 0.419 e. The molecule has 2 aliphatic rings. The average Bonchev–Trinajstić information content (AvgIpc) is 3.54. The molecule has 0 bridgehead atoms. The first-order valence-corrected chi connectivity index (χ1v) is 9.58. The summed E-state index contributed by atoms with van der Waals surface area (Å²) in [5, 5.41) is 9.70. The number of fused-ring (bicyclic) bond motifs is 1. The van der Waals surface area contributed by atoms with Crippen molar-refractivity contribution in [2.24, 2.45) is 7.05 Å². The molecular weight excluding hydrogens is 388 g/mol. The maximum atomic E-state index is 14.0. The van der Waals surface area contributed by atoms with E-state index in [4.69, 9.17) is 0 Å². The number of nitrogens with zero attached hydrogens (tertiary/aromatic N) is 4. The lowest BCUT2D eigenvalue weighted by Gasteiger charge is -2.11. The fraction of sp³-hybridized carbons (Fsp3) is 0.450. The molecule has 3 aromatic rings. The molecule has 0 N–H and O–H groups in total. The number of alkyl halides is 3. The predicted molar refractivity (Wildman–Crippen MR) is 97.2 cm³/mol. The molecule has 2 heterocycles. The lowest BCUT2D eigenvalue weighted by molar-refractivity contribution is -0.140. The van der Waals surface area contributed by atoms with Gasteiger partial charge in [0.05, 0.1) is 28.4 Å². The van der Waals surface area contributed by atoms with Crippen molar-refractivity contribution in [2.45, 2.75) is 50.2 Å². The highest BCUT2D eigenvalue weighted by atomic mass is 19.4. The highest BCUT2D eigenvalue weighted by molar-refractivity contribution is 5.84. The summed E-state index contributed by atoms with van der Waals surface area (Å²) in [6, 6.07) is 3.04. The highest BCUT2D eigenvalue weighted by Crippen LogP contribution is 2.43. The topological polar surface area (TPSA) is 52.7 Å². The number of benzene rings is 1. The van der Waals surface area contributed by atoms with Crippen LogP contribution in [0.3, 0.4) is 0 Å². The Morgan fingerprint density at radius 2 is 1.86 bits per heavy atom. The molecule has 0 aliphatic heterocycles. The molecule has 5 nitrogen and oxygen atoms in total. The van der Waals surface area contributed by atoms with Crippen LogP contribution in [0.25, 0.3) is 10.9 Å². The molecule has 152 valence electrons. The highest BCUT2D eigenvalue weighted by Gasteiger charge is 2.36. The second kappa shape index (κ2) is 6.14. The van der Waals surface area contributed by atoms with Gasteiger partial charge >= 0.3 is 6.18 Å². The van der Waals surface area contributed by atoms with Gasteiger partial charge in [-0.3, -0.25) is 9.48 Å². The van der Waals surface area contributed by atoms with Crippen molar-refractivity contribution in [3.05, 3.63) is 56.9 Å². The van der Waals surface area contributed by atoms with Gasteiger partial charge < -0.3 is 0 Å². The van der Waals surface area contributed by atoms with Gasteiger partial charge in [0.15, 0.2) is 5.52 Å². The second-order valence-corrected chi connectivity index (χ2v) is 7.92. The summed E-state index contributed by atoms with van der Waals surface area (Å²) < 4.78 is 55.6. The van der Waals surface area contributed by atoms with Crippen LogP contribution in [-0.2, 0) is 19.6 Å². The van der Waals surface area contributed by atoms with Gasteiger partial charge in [0.25, 0.3) is 5.56 Å². The van der Waals surface area contributed by atoms with Crippen LogP contribution >= 0.6 is 0 Å². The second-order valence-electron chi connectivity index (χ2n) is 7.92. The third kappa shape index (κ3) is 3.12. The predicted octanol–water partition coefficient (Wildman–Crippen LogP) is 4.09. The molecule has 0 spiro atoms. The molecule has 2 aliphatic carbocycles. The molecule has 2 aromatic heterocycles. The number of hydrogen-bond acceptors (Lipinski definition) is 3. The van der Waals surface area contributed by atoms with E-state index in [1.807, 2.05) is 0 Å². The van der Waals surface area contributed by atoms with E-state index in [1.165, 1.54) is 10.7 Å². The molecule has 5 rings (SSSR count). The molecule has 2 saturated carbocycles. The zero-order chi connectivity index (χ0) is 20.5. The van der Waals surface area contributed by atoms with Gasteiger partial charge in [-0.15, -0.1) is 0 Å². The zero-order valence-corrected chi connectivity index (χ0v) is 15.6. The monoisotopic (exact) mass is 406 g/mol. The van der Waals surface area contributed by atoms with Gasteiger partial charge in [-0.1, -0.05) is 6.07 Å². The van der Waals surface area contributed by atoms with Crippen molar-refractivity contribution >= 4 is 10.9 Å². The Hall–Kier alpha value is -2.71. The van der Waals surface area contributed by atoms with Crippen molar-refractivity contribution in [1.82, 2.24) is 19.6 Å². The Morgan fingerprint density at radius 3 is 2.45 bits per heavy atom. The number of rotatable bonds is 4. The molecule has 29 heavy (non-hydrogen) atoms. The van der Waals surface area contributed by atoms with Crippen molar-refractivity contribution in [1.29, 1.82) is 0 Å². The van der Waals surface area contributed by atoms with E-state index >= 15 is 0 Å². The smallest absolute Gasteiger partial charge is 0.271 e. The maximum absolute atomic E-state index is 14.0. The van der Waals surface area contributed by atoms with Gasteiger partial charge in [-0.2, -0.15) is 23.4 Å². The van der Waals surface area contributed by atoms with Crippen LogP contribution in [0.5, 0.6) is 0 Å². The molecule has 2 fully saturated rings. The quantitative estimate of drug-likeness (QED) is 0.614. The Balaban J connectivity index is 1.62. The lowest BCUT2D eigenvalue weighted by atomic mass is 10.0. The molecule has 0 saturated heterocycles. The fourth-order valence-corrected chi connectivity index (χ4v) is 3.80. The molecule has 0 unspecified atom stereocenters. The van der Waals surface area contributed by atoms with Crippen LogP contribution in [0.1, 0.15) is 60.2 Å². The summed E-state index contributed by atoms with van der Waals surface area (Å²) in [6.07, 6.45) is -0.766. The Labute approximate surface area is 162 Å². The van der Waals surface area contributed by atoms with E-state index in [0.29, 0.717) is 22.2 Å². The molecule has 0 atom stereocenters. The van der Waals surface area contributed by atoms with Crippen LogP contribution in [0.15, 0.2) is 23.0 Å². The van der Waals surface area contributed by atoms with Crippen LogP contribution in [0.4, 0.5) is 17.6 Å². The Kier molecular flexibility index (Phi) is 3.88. The van der Waals surface area contributed by atoms with Crippen LogP contribution in [-0.4, -0.2) is 19.6 Å². The van der Waals surface area contributed by atoms with Crippen molar-refractivity contribution < 1.29 is 17.6 Å². The van der Waals surface area contributed by atoms with E-state index in [9.17, 15) is 22.4 Å². The standard InChI is InChI=1S/C20H18F4N4O/c1-27-15(9-10-2-7-13(14(21)8-10)20(22,23)24)16-17(11-3-4-11)26-28(12-5-6-12)19(29)18(16)25-27/h2,7-8,11-12H,3-6,9H2,1H3. The first-order valence-electron chi connectivity index (χ1n) is 9.58. The molecular formula is C20H18F4N4O. The summed E-state index contributed by atoms with van der Waals surface area (Å²) in [4.78, 5) is 12.9. The minimum absolute atomic E-state index is 0.124. The van der Waals surface area contributed by atoms with Gasteiger partial charge in [0.1, 0.15) is 5.82 Å². The summed E-state index contributed by atoms with van der Waals surface area (Å²) in [5.41, 5.74) is 0.666. The van der Waals surface area contributed by atoms with Gasteiger partial charge in [-0.25, -0.2) is 9.07 Å². The summed E-state index contributed by atoms with van der Waals surface area (Å²) >= 11 is 0. The third-order valence-corrected chi connectivity index (χ3v) is 5.62. The first-order chi connectivity index (χ1) is 13.7. The Bertz CT molecular complexity index is 1190. The minimum Gasteiger partial charge on any atom is -0.271 e. The molecule has 0 amide bonds. The first kappa shape index (κ1) is 18.3. The number of aromatic nitrogens is 4. The summed E-state index contributed by atoms with van der Waals surface area (Å²) in [5.74, 6) is -1.05. The SMILES string of the molecule is Cn1nc2c(=O)n(C3CC3)nc(C3CC3)c2c1Cc1ccc(C(F)(F)F)c(F)c1. The normalized spacial score (nSPS) is 17.3. The van der Waals surface area contributed by atoms with Crippen molar-refractivity contribution in [3.8, 4) is 0 Å². The van der Waals surface area contributed by atoms with E-state index < -0.39 is 17.6 Å². The molecule has 9 heteroatoms. The van der Waals surface area contributed by atoms with Gasteiger partial charge in [-0.05, 0) is 43.4 Å². The van der Waals surface area contributed by atoms with Crippen molar-refractivity contribution in [2.75, 3.05) is 0 Å². The number of hydrogen-bond donors (Lipinski definition) is 0. The van der Waals surface area contributed by atoms with E-state index in [0.717, 1.165) is 43.5 Å². The van der Waals surface area contributed by atoms with Crippen molar-refractivity contribution in [3.63, 3.8) is 0 Å². The molecule has 1 aromatic carbocycles. The van der Waals surface area contributed by atoms with Crippen LogP contribution in [0, 0.1) is 5.82 Å². The fourth-order valence-electron chi connectivity index (χ4n) is 3.80. The summed E-state index contributed by atoms with van der Waals surface area (Å²) in [7, 11) is 1.69. The largest absolute Gasteiger partial charge is 0.419 e. The number of aryl methyl sites for hydroxylation is 1. The van der Waals surface area contributed by atoms with Crippen LogP contribution < -0.4 is 5.56 Å². The van der Waals surface area contributed by atoms with E-state index in [2.05, 4.69) is 10.2 Å². The van der Waals surface area contributed by atoms with E-state index in [-0.39, 0.29) is 23.9 Å². The molecule has 0 radical (unpaired) electrons. The van der Waals surface area contributed by atoms with Crippen LogP contribution in [0.2, 0.25) is 0 Å². The third-order valence-electron chi connectivity index (χ3n) is 5.62. The van der Waals surface area contributed by atoms with Gasteiger partial charge in [0, 0.05) is 19.4 Å².